The molecule has 0 N–H and O–H groups in total. The topological polar surface area (TPSA) is 78.5 Å². The van der Waals surface area contributed by atoms with Crippen molar-refractivity contribution in [2.24, 2.45) is 7.05 Å². The number of hydrogen-bond acceptors (Lipinski definition) is 7. The van der Waals surface area contributed by atoms with E-state index in [0.717, 1.165) is 23.6 Å². The van der Waals surface area contributed by atoms with Crippen LogP contribution in [0, 0.1) is 0 Å². The van der Waals surface area contributed by atoms with E-state index in [1.54, 1.807) is 16.3 Å². The van der Waals surface area contributed by atoms with E-state index in [0.29, 0.717) is 16.3 Å². The molecule has 0 amide bonds. The first kappa shape index (κ1) is 14.2. The van der Waals surface area contributed by atoms with Crippen molar-refractivity contribution >= 4 is 33.3 Å². The van der Waals surface area contributed by atoms with Crippen molar-refractivity contribution in [3.8, 4) is 0 Å². The van der Waals surface area contributed by atoms with Crippen LogP contribution in [0.4, 0.5) is 0 Å². The molecule has 7 nitrogen and oxygen atoms in total. The minimum atomic E-state index is -0.0168. The SMILES string of the molecule is CCCn1nnnc1CSc1nc2sccc2c(=O)n1C. The predicted molar refractivity (Wildman–Crippen MR) is 82.5 cm³/mol. The summed E-state index contributed by atoms with van der Waals surface area (Å²) in [5.74, 6) is 1.38. The second kappa shape index (κ2) is 5.94. The summed E-state index contributed by atoms with van der Waals surface area (Å²) in [4.78, 5) is 17.5. The van der Waals surface area contributed by atoms with Gasteiger partial charge in [0.05, 0.1) is 11.1 Å². The summed E-state index contributed by atoms with van der Waals surface area (Å²) >= 11 is 2.95. The maximum absolute atomic E-state index is 12.2. The zero-order valence-corrected chi connectivity index (χ0v) is 13.3. The van der Waals surface area contributed by atoms with Gasteiger partial charge in [0.1, 0.15) is 4.83 Å². The van der Waals surface area contributed by atoms with Crippen molar-refractivity contribution in [2.45, 2.75) is 30.8 Å². The molecule has 0 saturated heterocycles. The second-order valence-corrected chi connectivity index (χ2v) is 6.34. The normalized spacial score (nSPS) is 11.3. The number of tetrazole rings is 1. The average molecular weight is 322 g/mol. The number of hydrogen-bond donors (Lipinski definition) is 0. The molecule has 3 heterocycles. The lowest BCUT2D eigenvalue weighted by Crippen LogP contribution is -2.19. The molecule has 21 heavy (non-hydrogen) atoms. The van der Waals surface area contributed by atoms with Gasteiger partial charge in [0.2, 0.25) is 0 Å². The lowest BCUT2D eigenvalue weighted by Gasteiger charge is -2.06. The Hall–Kier alpha value is -1.74. The monoisotopic (exact) mass is 322 g/mol. The molecule has 0 atom stereocenters. The van der Waals surface area contributed by atoms with E-state index < -0.39 is 0 Å². The first-order valence-electron chi connectivity index (χ1n) is 6.52. The summed E-state index contributed by atoms with van der Waals surface area (Å²) in [6, 6.07) is 1.81. The largest absolute Gasteiger partial charge is 0.290 e. The van der Waals surface area contributed by atoms with Crippen LogP contribution in [-0.4, -0.2) is 29.8 Å². The zero-order valence-electron chi connectivity index (χ0n) is 11.7. The van der Waals surface area contributed by atoms with Gasteiger partial charge in [0.25, 0.3) is 5.56 Å². The van der Waals surface area contributed by atoms with Crippen LogP contribution in [0.15, 0.2) is 21.4 Å². The van der Waals surface area contributed by atoms with Crippen LogP contribution in [-0.2, 0) is 19.3 Å². The molecule has 0 bridgehead atoms. The summed E-state index contributed by atoms with van der Waals surface area (Å²) in [7, 11) is 1.74. The van der Waals surface area contributed by atoms with Gasteiger partial charge < -0.3 is 0 Å². The summed E-state index contributed by atoms with van der Waals surface area (Å²) < 4.78 is 3.36. The van der Waals surface area contributed by atoms with E-state index in [4.69, 9.17) is 0 Å². The molecule has 0 spiro atoms. The molecule has 0 fully saturated rings. The Morgan fingerprint density at radius 2 is 2.29 bits per heavy atom. The molecule has 110 valence electrons. The van der Waals surface area contributed by atoms with E-state index in [1.165, 1.54) is 23.1 Å². The Labute approximate surface area is 129 Å². The van der Waals surface area contributed by atoms with Crippen molar-refractivity contribution in [3.05, 3.63) is 27.6 Å². The first-order chi connectivity index (χ1) is 10.2. The molecule has 0 radical (unpaired) electrons. The first-order valence-corrected chi connectivity index (χ1v) is 8.39. The van der Waals surface area contributed by atoms with Gasteiger partial charge in [0, 0.05) is 13.6 Å². The number of thioether (sulfide) groups is 1. The molecular weight excluding hydrogens is 308 g/mol. The number of thiophene rings is 1. The predicted octanol–water partition coefficient (Wildman–Crippen LogP) is 1.68. The van der Waals surface area contributed by atoms with E-state index >= 15 is 0 Å². The minimum Gasteiger partial charge on any atom is -0.290 e. The Balaban J connectivity index is 1.86. The number of nitrogens with zero attached hydrogens (tertiary/aromatic N) is 6. The second-order valence-electron chi connectivity index (χ2n) is 4.50. The third-order valence-electron chi connectivity index (χ3n) is 3.04. The maximum Gasteiger partial charge on any atom is 0.262 e. The van der Waals surface area contributed by atoms with Gasteiger partial charge in [-0.3, -0.25) is 9.36 Å². The standard InChI is InChI=1S/C12H14N6OS2/c1-3-5-18-9(14-15-16-18)7-21-12-13-10-8(4-6-20-10)11(19)17(12)2/h4,6H,3,5,7H2,1-2H3. The molecule has 0 unspecified atom stereocenters. The Morgan fingerprint density at radius 1 is 1.43 bits per heavy atom. The van der Waals surface area contributed by atoms with Crippen molar-refractivity contribution in [1.82, 2.24) is 29.8 Å². The van der Waals surface area contributed by atoms with Gasteiger partial charge in [-0.15, -0.1) is 16.4 Å². The Kier molecular flexibility index (Phi) is 4.02. The molecule has 0 aliphatic carbocycles. The molecule has 0 saturated carbocycles. The van der Waals surface area contributed by atoms with E-state index in [2.05, 4.69) is 27.4 Å². The number of fused-ring (bicyclic) bond motifs is 1. The molecule has 0 aliphatic heterocycles. The fourth-order valence-electron chi connectivity index (χ4n) is 1.95. The summed E-state index contributed by atoms with van der Waals surface area (Å²) in [5.41, 5.74) is -0.0168. The molecule has 3 aromatic heterocycles. The van der Waals surface area contributed by atoms with E-state index in [1.807, 2.05) is 11.4 Å². The van der Waals surface area contributed by atoms with Gasteiger partial charge in [0.15, 0.2) is 11.0 Å². The quantitative estimate of drug-likeness (QED) is 0.525. The van der Waals surface area contributed by atoms with Crippen molar-refractivity contribution in [1.29, 1.82) is 0 Å². The van der Waals surface area contributed by atoms with Crippen LogP contribution in [0.5, 0.6) is 0 Å². The average Bonchev–Trinajstić information content (AvgIpc) is 3.11. The van der Waals surface area contributed by atoms with Crippen LogP contribution < -0.4 is 5.56 Å². The fourth-order valence-corrected chi connectivity index (χ4v) is 3.66. The van der Waals surface area contributed by atoms with Gasteiger partial charge in [-0.1, -0.05) is 18.7 Å². The molecule has 3 aromatic rings. The lowest BCUT2D eigenvalue weighted by molar-refractivity contribution is 0.564. The molecule has 9 heteroatoms. The highest BCUT2D eigenvalue weighted by Gasteiger charge is 2.12. The third kappa shape index (κ3) is 2.70. The lowest BCUT2D eigenvalue weighted by atomic mass is 10.4. The van der Waals surface area contributed by atoms with Crippen LogP contribution in [0.25, 0.3) is 10.2 Å². The van der Waals surface area contributed by atoms with Crippen LogP contribution in [0.1, 0.15) is 19.2 Å². The summed E-state index contributed by atoms with van der Waals surface area (Å²) in [5, 5.41) is 14.9. The van der Waals surface area contributed by atoms with E-state index in [9.17, 15) is 4.79 Å². The van der Waals surface area contributed by atoms with Gasteiger partial charge in [-0.2, -0.15) is 0 Å². The Bertz CT molecular complexity index is 821. The Morgan fingerprint density at radius 3 is 3.10 bits per heavy atom. The highest BCUT2D eigenvalue weighted by molar-refractivity contribution is 7.98. The minimum absolute atomic E-state index is 0.0168. The van der Waals surface area contributed by atoms with Crippen molar-refractivity contribution in [2.75, 3.05) is 0 Å². The fraction of sp³-hybridized carbons (Fsp3) is 0.417. The van der Waals surface area contributed by atoms with Crippen LogP contribution in [0.2, 0.25) is 0 Å². The van der Waals surface area contributed by atoms with Crippen molar-refractivity contribution < 1.29 is 0 Å². The van der Waals surface area contributed by atoms with Gasteiger partial charge in [-0.25, -0.2) is 9.67 Å². The number of rotatable bonds is 5. The zero-order chi connectivity index (χ0) is 14.8. The van der Waals surface area contributed by atoms with E-state index in [-0.39, 0.29) is 5.56 Å². The highest BCUT2D eigenvalue weighted by atomic mass is 32.2. The third-order valence-corrected chi connectivity index (χ3v) is 4.87. The van der Waals surface area contributed by atoms with Crippen molar-refractivity contribution in [3.63, 3.8) is 0 Å². The van der Waals surface area contributed by atoms with Gasteiger partial charge >= 0.3 is 0 Å². The molecule has 3 rings (SSSR count). The number of aryl methyl sites for hydroxylation is 1. The molecule has 0 aromatic carbocycles. The summed E-state index contributed by atoms with van der Waals surface area (Å²) in [6.07, 6.45) is 0.973. The smallest absolute Gasteiger partial charge is 0.262 e. The highest BCUT2D eigenvalue weighted by Crippen LogP contribution is 2.22. The van der Waals surface area contributed by atoms with Crippen LogP contribution in [0.3, 0.4) is 0 Å². The molecule has 0 aliphatic rings. The van der Waals surface area contributed by atoms with Crippen LogP contribution >= 0.6 is 23.1 Å². The maximum atomic E-state index is 12.2. The molecular formula is C12H14N6OS2. The summed E-state index contributed by atoms with van der Waals surface area (Å²) in [6.45, 7) is 2.87. The van der Waals surface area contributed by atoms with Gasteiger partial charge in [-0.05, 0) is 28.3 Å². The number of aromatic nitrogens is 6.